The first kappa shape index (κ1) is 20.3. The Bertz CT molecular complexity index is 780. The summed E-state index contributed by atoms with van der Waals surface area (Å²) in [6, 6.07) is 14.8. The Balaban J connectivity index is 1.76. The first-order valence-electron chi connectivity index (χ1n) is 8.72. The van der Waals surface area contributed by atoms with Crippen molar-refractivity contribution in [3.63, 3.8) is 0 Å². The van der Waals surface area contributed by atoms with Crippen LogP contribution >= 0.6 is 0 Å². The van der Waals surface area contributed by atoms with Gasteiger partial charge < -0.3 is 9.47 Å². The maximum atomic E-state index is 12.0. The van der Waals surface area contributed by atoms with Gasteiger partial charge in [0.05, 0.1) is 13.5 Å². The fourth-order valence-corrected chi connectivity index (χ4v) is 2.44. The predicted octanol–water partition coefficient (Wildman–Crippen LogP) is 2.76. The minimum atomic E-state index is -0.441. The molecule has 0 aliphatic heterocycles. The number of hydrogen-bond donors (Lipinski definition) is 2. The van der Waals surface area contributed by atoms with E-state index in [4.69, 9.17) is 9.47 Å². The highest BCUT2D eigenvalue weighted by atomic mass is 16.5. The van der Waals surface area contributed by atoms with Gasteiger partial charge in [-0.25, -0.2) is 0 Å². The van der Waals surface area contributed by atoms with Crippen LogP contribution in [-0.4, -0.2) is 25.5 Å². The molecule has 0 bridgehead atoms. The molecule has 27 heavy (non-hydrogen) atoms. The zero-order valence-corrected chi connectivity index (χ0v) is 16.2. The van der Waals surface area contributed by atoms with Gasteiger partial charge in [-0.2, -0.15) is 0 Å². The van der Waals surface area contributed by atoms with Crippen molar-refractivity contribution < 1.29 is 19.1 Å². The third-order valence-corrected chi connectivity index (χ3v) is 3.98. The molecule has 0 aromatic heterocycles. The molecule has 0 aliphatic rings. The van der Waals surface area contributed by atoms with Crippen LogP contribution in [0.1, 0.15) is 31.9 Å². The molecular weight excluding hydrogens is 344 g/mol. The van der Waals surface area contributed by atoms with Gasteiger partial charge in [0.1, 0.15) is 11.5 Å². The molecule has 2 N–H and O–H groups in total. The third kappa shape index (κ3) is 6.33. The highest BCUT2D eigenvalue weighted by Gasteiger charge is 2.13. The highest BCUT2D eigenvalue weighted by molar-refractivity contribution is 5.84. The van der Waals surface area contributed by atoms with Crippen LogP contribution in [-0.2, 0) is 21.4 Å². The number of para-hydroxylation sites is 1. The van der Waals surface area contributed by atoms with Crippen molar-refractivity contribution >= 4 is 11.8 Å². The van der Waals surface area contributed by atoms with Gasteiger partial charge in [0.15, 0.2) is 6.61 Å². The fraction of sp³-hybridized carbons (Fsp3) is 0.333. The Kier molecular flexibility index (Phi) is 6.82. The maximum absolute atomic E-state index is 12.0. The molecule has 144 valence electrons. The van der Waals surface area contributed by atoms with E-state index in [9.17, 15) is 9.59 Å². The van der Waals surface area contributed by atoms with Gasteiger partial charge in [-0.15, -0.1) is 0 Å². The zero-order chi connectivity index (χ0) is 19.9. The van der Waals surface area contributed by atoms with Gasteiger partial charge in [0.2, 0.25) is 5.91 Å². The topological polar surface area (TPSA) is 76.7 Å². The van der Waals surface area contributed by atoms with E-state index >= 15 is 0 Å². The van der Waals surface area contributed by atoms with Crippen molar-refractivity contribution in [2.75, 3.05) is 13.7 Å². The van der Waals surface area contributed by atoms with Crippen molar-refractivity contribution in [1.29, 1.82) is 0 Å². The Morgan fingerprint density at radius 2 is 1.56 bits per heavy atom. The summed E-state index contributed by atoms with van der Waals surface area (Å²) in [6.45, 7) is 6.20. The van der Waals surface area contributed by atoms with Crippen molar-refractivity contribution in [3.8, 4) is 11.5 Å². The molecule has 6 heteroatoms. The van der Waals surface area contributed by atoms with Crippen LogP contribution in [0.15, 0.2) is 48.5 Å². The smallest absolute Gasteiger partial charge is 0.276 e. The van der Waals surface area contributed by atoms with E-state index in [1.165, 1.54) is 5.56 Å². The second-order valence-corrected chi connectivity index (χ2v) is 7.15. The molecule has 6 nitrogen and oxygen atoms in total. The van der Waals surface area contributed by atoms with Gasteiger partial charge in [-0.3, -0.25) is 20.4 Å². The number of nitrogens with one attached hydrogen (secondary N) is 2. The van der Waals surface area contributed by atoms with Gasteiger partial charge >= 0.3 is 0 Å². The van der Waals surface area contributed by atoms with Crippen molar-refractivity contribution in [1.82, 2.24) is 10.9 Å². The summed E-state index contributed by atoms with van der Waals surface area (Å²) in [6.07, 6.45) is 0.0966. The number of carbonyl (C=O) groups excluding carboxylic acids is 2. The fourth-order valence-electron chi connectivity index (χ4n) is 2.44. The number of hydrazine groups is 1. The molecule has 0 saturated heterocycles. The van der Waals surface area contributed by atoms with Crippen LogP contribution in [0.5, 0.6) is 11.5 Å². The molecule has 2 aromatic rings. The van der Waals surface area contributed by atoms with E-state index in [-0.39, 0.29) is 24.3 Å². The minimum Gasteiger partial charge on any atom is -0.496 e. The van der Waals surface area contributed by atoms with Crippen LogP contribution in [0.4, 0.5) is 0 Å². The number of amides is 2. The summed E-state index contributed by atoms with van der Waals surface area (Å²) in [5.41, 5.74) is 6.69. The molecule has 2 aromatic carbocycles. The standard InChI is InChI=1S/C21H26N2O4/c1-21(2,3)16-9-11-17(12-10-16)27-14-20(25)23-22-19(24)13-15-7-5-6-8-18(15)26-4/h5-12H,13-14H2,1-4H3,(H,22,24)(H,23,25). The van der Waals surface area contributed by atoms with Crippen LogP contribution in [0.2, 0.25) is 0 Å². The Morgan fingerprint density at radius 1 is 0.926 bits per heavy atom. The largest absolute Gasteiger partial charge is 0.496 e. The summed E-state index contributed by atoms with van der Waals surface area (Å²) in [5, 5.41) is 0. The SMILES string of the molecule is COc1ccccc1CC(=O)NNC(=O)COc1ccc(C(C)(C)C)cc1. The molecule has 0 radical (unpaired) electrons. The van der Waals surface area contributed by atoms with Crippen molar-refractivity contribution in [3.05, 3.63) is 59.7 Å². The molecule has 0 atom stereocenters. The lowest BCUT2D eigenvalue weighted by Gasteiger charge is -2.19. The summed E-state index contributed by atoms with van der Waals surface area (Å²) in [7, 11) is 1.55. The summed E-state index contributed by atoms with van der Waals surface area (Å²) in [5.74, 6) is 0.435. The Hall–Kier alpha value is -3.02. The van der Waals surface area contributed by atoms with Crippen LogP contribution in [0.3, 0.4) is 0 Å². The lowest BCUT2D eigenvalue weighted by molar-refractivity contribution is -0.129. The van der Waals surface area contributed by atoms with Gasteiger partial charge in [0, 0.05) is 5.56 Å². The Labute approximate surface area is 159 Å². The second kappa shape index (κ2) is 9.07. The lowest BCUT2D eigenvalue weighted by atomic mass is 9.87. The van der Waals surface area contributed by atoms with E-state index in [2.05, 4.69) is 31.6 Å². The molecule has 2 rings (SSSR count). The highest BCUT2D eigenvalue weighted by Crippen LogP contribution is 2.24. The molecular formula is C21H26N2O4. The Morgan fingerprint density at radius 3 is 2.19 bits per heavy atom. The number of rotatable bonds is 6. The van der Waals surface area contributed by atoms with Gasteiger partial charge in [-0.05, 0) is 29.2 Å². The number of benzene rings is 2. The van der Waals surface area contributed by atoms with Gasteiger partial charge in [0.25, 0.3) is 5.91 Å². The quantitative estimate of drug-likeness (QED) is 0.767. The molecule has 0 aliphatic carbocycles. The van der Waals surface area contributed by atoms with Crippen molar-refractivity contribution in [2.45, 2.75) is 32.6 Å². The average Bonchev–Trinajstić information content (AvgIpc) is 2.64. The van der Waals surface area contributed by atoms with E-state index in [0.29, 0.717) is 11.5 Å². The van der Waals surface area contributed by atoms with E-state index in [1.807, 2.05) is 36.4 Å². The predicted molar refractivity (Wildman–Crippen MR) is 104 cm³/mol. The normalized spacial score (nSPS) is 10.8. The van der Waals surface area contributed by atoms with Crippen LogP contribution < -0.4 is 20.3 Å². The number of ether oxygens (including phenoxy) is 2. The molecule has 0 saturated carbocycles. The third-order valence-electron chi connectivity index (χ3n) is 3.98. The molecule has 0 fully saturated rings. The number of carbonyl (C=O) groups is 2. The van der Waals surface area contributed by atoms with E-state index in [1.54, 1.807) is 19.2 Å². The number of methoxy groups -OCH3 is 1. The molecule has 0 heterocycles. The van der Waals surface area contributed by atoms with Crippen molar-refractivity contribution in [2.24, 2.45) is 0 Å². The average molecular weight is 370 g/mol. The number of hydrogen-bond acceptors (Lipinski definition) is 4. The molecule has 2 amide bonds. The van der Waals surface area contributed by atoms with E-state index in [0.717, 1.165) is 5.56 Å². The first-order valence-corrected chi connectivity index (χ1v) is 8.72. The lowest BCUT2D eigenvalue weighted by Crippen LogP contribution is -2.44. The summed E-state index contributed by atoms with van der Waals surface area (Å²) >= 11 is 0. The maximum Gasteiger partial charge on any atom is 0.276 e. The van der Waals surface area contributed by atoms with Crippen LogP contribution in [0.25, 0.3) is 0 Å². The minimum absolute atomic E-state index is 0.0572. The first-order chi connectivity index (χ1) is 12.8. The van der Waals surface area contributed by atoms with Gasteiger partial charge in [-0.1, -0.05) is 51.1 Å². The van der Waals surface area contributed by atoms with Crippen LogP contribution in [0, 0.1) is 0 Å². The molecule has 0 unspecified atom stereocenters. The van der Waals surface area contributed by atoms with E-state index < -0.39 is 5.91 Å². The second-order valence-electron chi connectivity index (χ2n) is 7.15. The zero-order valence-electron chi connectivity index (χ0n) is 16.2. The molecule has 0 spiro atoms. The monoisotopic (exact) mass is 370 g/mol. The summed E-state index contributed by atoms with van der Waals surface area (Å²) in [4.78, 5) is 23.8. The summed E-state index contributed by atoms with van der Waals surface area (Å²) < 4.78 is 10.6.